The molecule has 2 aromatic carbocycles. The van der Waals surface area contributed by atoms with E-state index in [2.05, 4.69) is 0 Å². The number of ether oxygens (including phenoxy) is 2. The minimum atomic E-state index is -0.971. The van der Waals surface area contributed by atoms with Crippen LogP contribution in [0.15, 0.2) is 60.7 Å². The number of para-hydroxylation sites is 1. The van der Waals surface area contributed by atoms with E-state index in [1.807, 2.05) is 56.3 Å². The Morgan fingerprint density at radius 1 is 1.00 bits per heavy atom. The second-order valence-corrected chi connectivity index (χ2v) is 5.81. The fourth-order valence-electron chi connectivity index (χ4n) is 2.71. The molecule has 0 bridgehead atoms. The van der Waals surface area contributed by atoms with E-state index in [1.54, 1.807) is 30.2 Å². The third kappa shape index (κ3) is 5.45. The van der Waals surface area contributed by atoms with Gasteiger partial charge in [-0.2, -0.15) is 0 Å². The van der Waals surface area contributed by atoms with Crippen LogP contribution in [0.2, 0.25) is 0 Å². The summed E-state index contributed by atoms with van der Waals surface area (Å²) in [5, 5.41) is 0. The SMILES string of the molecule is CCN(CC)C(=O)[C@H](OC(=O)/C=C/c1ccccc1OC)c1ccccc1. The zero-order valence-electron chi connectivity index (χ0n) is 15.9. The van der Waals surface area contributed by atoms with Gasteiger partial charge in [-0.1, -0.05) is 48.5 Å². The standard InChI is InChI=1S/C22H25NO4/c1-4-23(5-2)22(25)21(18-12-7-6-8-13-18)27-20(24)16-15-17-11-9-10-14-19(17)26-3/h6-16,21H,4-5H2,1-3H3/b16-15+/t21-/m1/s1. The number of methoxy groups -OCH3 is 1. The number of likely N-dealkylation sites (N-methyl/N-ethyl adjacent to an activating group) is 1. The van der Waals surface area contributed by atoms with Crippen molar-refractivity contribution in [3.8, 4) is 5.75 Å². The highest BCUT2D eigenvalue weighted by Gasteiger charge is 2.27. The quantitative estimate of drug-likeness (QED) is 0.525. The summed E-state index contributed by atoms with van der Waals surface area (Å²) in [6.07, 6.45) is 1.95. The lowest BCUT2D eigenvalue weighted by Gasteiger charge is -2.25. The number of rotatable bonds is 8. The lowest BCUT2D eigenvalue weighted by atomic mass is 10.1. The van der Waals surface area contributed by atoms with E-state index in [4.69, 9.17) is 9.47 Å². The molecule has 0 N–H and O–H groups in total. The van der Waals surface area contributed by atoms with Gasteiger partial charge in [-0.05, 0) is 26.0 Å². The first-order chi connectivity index (χ1) is 13.1. The highest BCUT2D eigenvalue weighted by molar-refractivity contribution is 5.91. The fourth-order valence-corrected chi connectivity index (χ4v) is 2.71. The Labute approximate surface area is 160 Å². The molecule has 0 fully saturated rings. The Morgan fingerprint density at radius 2 is 1.63 bits per heavy atom. The van der Waals surface area contributed by atoms with E-state index in [0.717, 1.165) is 5.56 Å². The summed E-state index contributed by atoms with van der Waals surface area (Å²) in [7, 11) is 1.57. The second-order valence-electron chi connectivity index (χ2n) is 5.81. The molecule has 0 radical (unpaired) electrons. The lowest BCUT2D eigenvalue weighted by molar-refractivity contribution is -0.157. The largest absolute Gasteiger partial charge is 0.496 e. The van der Waals surface area contributed by atoms with Crippen LogP contribution in [0.25, 0.3) is 6.08 Å². The van der Waals surface area contributed by atoms with Gasteiger partial charge in [-0.3, -0.25) is 4.79 Å². The van der Waals surface area contributed by atoms with Crippen LogP contribution in [-0.2, 0) is 14.3 Å². The maximum absolute atomic E-state index is 12.8. The van der Waals surface area contributed by atoms with Crippen molar-refractivity contribution in [2.24, 2.45) is 0 Å². The molecule has 0 saturated carbocycles. The van der Waals surface area contributed by atoms with Crippen LogP contribution in [0.5, 0.6) is 5.75 Å². The highest BCUT2D eigenvalue weighted by Crippen LogP contribution is 2.22. The van der Waals surface area contributed by atoms with Crippen LogP contribution in [0.4, 0.5) is 0 Å². The molecule has 0 heterocycles. The first-order valence-corrected chi connectivity index (χ1v) is 8.96. The molecule has 2 aromatic rings. The normalized spacial score (nSPS) is 11.8. The van der Waals surface area contributed by atoms with E-state index in [-0.39, 0.29) is 5.91 Å². The van der Waals surface area contributed by atoms with Crippen LogP contribution < -0.4 is 4.74 Å². The van der Waals surface area contributed by atoms with Gasteiger partial charge in [0.25, 0.3) is 5.91 Å². The summed E-state index contributed by atoms with van der Waals surface area (Å²) in [6.45, 7) is 4.89. The Hall–Kier alpha value is -3.08. The number of benzene rings is 2. The Morgan fingerprint density at radius 3 is 2.26 bits per heavy atom. The van der Waals surface area contributed by atoms with Gasteiger partial charge >= 0.3 is 5.97 Å². The van der Waals surface area contributed by atoms with Gasteiger partial charge in [0.2, 0.25) is 6.10 Å². The molecule has 1 atom stereocenters. The average molecular weight is 367 g/mol. The van der Waals surface area contributed by atoms with Gasteiger partial charge in [0.15, 0.2) is 0 Å². The van der Waals surface area contributed by atoms with Gasteiger partial charge in [-0.15, -0.1) is 0 Å². The summed E-state index contributed by atoms with van der Waals surface area (Å²) in [4.78, 5) is 26.9. The molecule has 1 amide bonds. The van der Waals surface area contributed by atoms with Crippen LogP contribution in [0.1, 0.15) is 31.1 Å². The third-order valence-electron chi connectivity index (χ3n) is 4.17. The number of hydrogen-bond acceptors (Lipinski definition) is 4. The first-order valence-electron chi connectivity index (χ1n) is 8.96. The van der Waals surface area contributed by atoms with Gasteiger partial charge in [0.1, 0.15) is 5.75 Å². The maximum atomic E-state index is 12.8. The van der Waals surface area contributed by atoms with Crippen LogP contribution in [0.3, 0.4) is 0 Å². The molecule has 0 aliphatic heterocycles. The van der Waals surface area contributed by atoms with Crippen molar-refractivity contribution in [2.75, 3.05) is 20.2 Å². The van der Waals surface area contributed by atoms with Crippen molar-refractivity contribution in [1.29, 1.82) is 0 Å². The molecular weight excluding hydrogens is 342 g/mol. The van der Waals surface area contributed by atoms with E-state index < -0.39 is 12.1 Å². The molecule has 0 aliphatic rings. The summed E-state index contributed by atoms with van der Waals surface area (Å²) in [6, 6.07) is 16.4. The fraction of sp³-hybridized carbons (Fsp3) is 0.273. The molecule has 0 aromatic heterocycles. The minimum absolute atomic E-state index is 0.231. The van der Waals surface area contributed by atoms with Crippen molar-refractivity contribution < 1.29 is 19.1 Å². The minimum Gasteiger partial charge on any atom is -0.496 e. The Bertz CT molecular complexity index is 782. The molecular formula is C22H25NO4. The predicted octanol–water partition coefficient (Wildman–Crippen LogP) is 3.86. The number of amides is 1. The van der Waals surface area contributed by atoms with Crippen molar-refractivity contribution in [1.82, 2.24) is 4.90 Å². The molecule has 2 rings (SSSR count). The van der Waals surface area contributed by atoms with Gasteiger partial charge in [0, 0.05) is 30.3 Å². The van der Waals surface area contributed by atoms with Crippen molar-refractivity contribution in [2.45, 2.75) is 20.0 Å². The monoisotopic (exact) mass is 367 g/mol. The number of carbonyl (C=O) groups excluding carboxylic acids is 2. The molecule has 27 heavy (non-hydrogen) atoms. The lowest BCUT2D eigenvalue weighted by Crippen LogP contribution is -2.36. The molecule has 5 nitrogen and oxygen atoms in total. The average Bonchev–Trinajstić information content (AvgIpc) is 2.72. The molecule has 142 valence electrons. The molecule has 0 spiro atoms. The van der Waals surface area contributed by atoms with E-state index >= 15 is 0 Å². The highest BCUT2D eigenvalue weighted by atomic mass is 16.5. The van der Waals surface area contributed by atoms with Crippen molar-refractivity contribution in [3.63, 3.8) is 0 Å². The van der Waals surface area contributed by atoms with Crippen molar-refractivity contribution >= 4 is 18.0 Å². The number of carbonyl (C=O) groups is 2. The van der Waals surface area contributed by atoms with E-state index in [1.165, 1.54) is 6.08 Å². The van der Waals surface area contributed by atoms with Crippen LogP contribution >= 0.6 is 0 Å². The molecule has 5 heteroatoms. The molecule has 0 aliphatic carbocycles. The van der Waals surface area contributed by atoms with Crippen LogP contribution in [-0.4, -0.2) is 37.0 Å². The topological polar surface area (TPSA) is 55.8 Å². The van der Waals surface area contributed by atoms with Gasteiger partial charge < -0.3 is 14.4 Å². The third-order valence-corrected chi connectivity index (χ3v) is 4.17. The smallest absolute Gasteiger partial charge is 0.331 e. The zero-order valence-corrected chi connectivity index (χ0v) is 15.9. The number of esters is 1. The number of nitrogens with zero attached hydrogens (tertiary/aromatic N) is 1. The molecule has 0 unspecified atom stereocenters. The number of hydrogen-bond donors (Lipinski definition) is 0. The van der Waals surface area contributed by atoms with E-state index in [0.29, 0.717) is 24.4 Å². The maximum Gasteiger partial charge on any atom is 0.331 e. The second kappa shape index (κ2) is 10.2. The Balaban J connectivity index is 2.20. The molecule has 0 saturated heterocycles. The predicted molar refractivity (Wildman–Crippen MR) is 105 cm³/mol. The summed E-state index contributed by atoms with van der Waals surface area (Å²) in [5.41, 5.74) is 1.40. The summed E-state index contributed by atoms with van der Waals surface area (Å²) >= 11 is 0. The van der Waals surface area contributed by atoms with E-state index in [9.17, 15) is 9.59 Å². The summed E-state index contributed by atoms with van der Waals surface area (Å²) < 4.78 is 10.8. The van der Waals surface area contributed by atoms with Gasteiger partial charge in [0.05, 0.1) is 7.11 Å². The van der Waals surface area contributed by atoms with Gasteiger partial charge in [-0.25, -0.2) is 4.79 Å². The summed E-state index contributed by atoms with van der Waals surface area (Å²) in [5.74, 6) is -0.166. The van der Waals surface area contributed by atoms with Crippen molar-refractivity contribution in [3.05, 3.63) is 71.8 Å². The zero-order chi connectivity index (χ0) is 19.6. The Kier molecular flexibility index (Phi) is 7.62. The van der Waals surface area contributed by atoms with Crippen LogP contribution in [0, 0.1) is 0 Å². The first kappa shape index (κ1) is 20.2.